The van der Waals surface area contributed by atoms with Gasteiger partial charge in [0.1, 0.15) is 0 Å². The summed E-state index contributed by atoms with van der Waals surface area (Å²) in [5.74, 6) is 0.899. The van der Waals surface area contributed by atoms with E-state index in [4.69, 9.17) is 0 Å². The zero-order valence-electron chi connectivity index (χ0n) is 14.7. The summed E-state index contributed by atoms with van der Waals surface area (Å²) in [5, 5.41) is 0. The number of amides is 1. The van der Waals surface area contributed by atoms with Crippen molar-refractivity contribution < 1.29 is 4.79 Å². The normalized spacial score (nSPS) is 19.1. The third-order valence-corrected chi connectivity index (χ3v) is 5.05. The van der Waals surface area contributed by atoms with Gasteiger partial charge in [-0.25, -0.2) is 4.98 Å². The van der Waals surface area contributed by atoms with E-state index in [-0.39, 0.29) is 11.5 Å². The number of carbonyl (C=O) groups excluding carboxylic acids is 1. The second-order valence-electron chi connectivity index (χ2n) is 6.66. The molecule has 132 valence electrons. The minimum atomic E-state index is -0.0355. The van der Waals surface area contributed by atoms with Crippen molar-refractivity contribution in [2.45, 2.75) is 33.1 Å². The predicted molar refractivity (Wildman–Crippen MR) is 93.4 cm³/mol. The third kappa shape index (κ3) is 3.61. The number of aromatic nitrogens is 2. The van der Waals surface area contributed by atoms with Crippen molar-refractivity contribution in [2.24, 2.45) is 0 Å². The lowest BCUT2D eigenvalue weighted by atomic mass is 10.2. The second-order valence-corrected chi connectivity index (χ2v) is 6.66. The molecule has 2 saturated heterocycles. The lowest BCUT2D eigenvalue weighted by Crippen LogP contribution is -2.50. The molecule has 0 atom stereocenters. The van der Waals surface area contributed by atoms with Crippen LogP contribution in [0.1, 0.15) is 31.0 Å². The number of piperazine rings is 1. The molecule has 0 aromatic carbocycles. The fourth-order valence-corrected chi connectivity index (χ4v) is 3.54. The van der Waals surface area contributed by atoms with Crippen molar-refractivity contribution in [3.63, 3.8) is 0 Å². The van der Waals surface area contributed by atoms with Crippen molar-refractivity contribution >= 4 is 11.9 Å². The molecule has 1 N–H and O–H groups in total. The Kier molecular flexibility index (Phi) is 5.18. The Bertz CT molecular complexity index is 643. The summed E-state index contributed by atoms with van der Waals surface area (Å²) in [5.41, 5.74) is 1.53. The quantitative estimate of drug-likeness (QED) is 0.863. The first-order chi connectivity index (χ1) is 11.6. The molecular formula is C17H27N5O2. The summed E-state index contributed by atoms with van der Waals surface area (Å²) >= 11 is 0. The second kappa shape index (κ2) is 7.34. The number of aromatic amines is 1. The first-order valence-electron chi connectivity index (χ1n) is 8.93. The average molecular weight is 333 g/mol. The molecule has 0 bridgehead atoms. The monoisotopic (exact) mass is 333 g/mol. The molecular weight excluding hydrogens is 306 g/mol. The molecule has 0 spiro atoms. The number of H-pyrrole nitrogens is 1. The van der Waals surface area contributed by atoms with E-state index < -0.39 is 0 Å². The molecule has 24 heavy (non-hydrogen) atoms. The summed E-state index contributed by atoms with van der Waals surface area (Å²) in [6.07, 6.45) is 2.96. The zero-order chi connectivity index (χ0) is 17.1. The van der Waals surface area contributed by atoms with Gasteiger partial charge in [0, 0.05) is 50.5 Å². The zero-order valence-corrected chi connectivity index (χ0v) is 14.7. The van der Waals surface area contributed by atoms with Gasteiger partial charge in [-0.1, -0.05) is 6.92 Å². The number of aryl methyl sites for hydroxylation is 1. The molecule has 0 radical (unpaired) electrons. The Labute approximate surface area is 142 Å². The Morgan fingerprint density at radius 1 is 1.12 bits per heavy atom. The third-order valence-electron chi connectivity index (χ3n) is 5.05. The van der Waals surface area contributed by atoms with Gasteiger partial charge < -0.3 is 9.80 Å². The summed E-state index contributed by atoms with van der Waals surface area (Å²) in [4.78, 5) is 38.1. The molecule has 1 amide bonds. The van der Waals surface area contributed by atoms with Gasteiger partial charge in [-0.15, -0.1) is 0 Å². The lowest BCUT2D eigenvalue weighted by molar-refractivity contribution is -0.131. The molecule has 2 aliphatic heterocycles. The smallest absolute Gasteiger partial charge is 0.255 e. The van der Waals surface area contributed by atoms with E-state index in [0.717, 1.165) is 63.4 Å². The van der Waals surface area contributed by atoms with Crippen molar-refractivity contribution in [1.29, 1.82) is 0 Å². The standard InChI is InChI=1S/C17H27N5O2/c1-3-14-13(2)18-17(19-16(14)24)22-10-8-20(9-11-22)12-15(23)21-6-4-5-7-21/h3-12H2,1-2H3,(H,18,19,24). The maximum Gasteiger partial charge on any atom is 0.255 e. The van der Waals surface area contributed by atoms with Gasteiger partial charge in [-0.05, 0) is 26.2 Å². The highest BCUT2D eigenvalue weighted by atomic mass is 16.2. The number of anilines is 1. The van der Waals surface area contributed by atoms with E-state index in [2.05, 4.69) is 19.8 Å². The van der Waals surface area contributed by atoms with E-state index in [1.54, 1.807) is 0 Å². The number of nitrogens with one attached hydrogen (secondary N) is 1. The lowest BCUT2D eigenvalue weighted by Gasteiger charge is -2.35. The van der Waals surface area contributed by atoms with Crippen molar-refractivity contribution in [1.82, 2.24) is 19.8 Å². The van der Waals surface area contributed by atoms with Crippen molar-refractivity contribution in [2.75, 3.05) is 50.7 Å². The summed E-state index contributed by atoms with van der Waals surface area (Å²) in [6.45, 7) is 9.38. The maximum atomic E-state index is 12.2. The molecule has 2 aliphatic rings. The Hall–Kier alpha value is -1.89. The van der Waals surface area contributed by atoms with Crippen LogP contribution < -0.4 is 10.5 Å². The molecule has 1 aromatic rings. The molecule has 2 fully saturated rings. The Morgan fingerprint density at radius 2 is 1.79 bits per heavy atom. The molecule has 0 saturated carbocycles. The van der Waals surface area contributed by atoms with Gasteiger partial charge in [-0.3, -0.25) is 19.5 Å². The number of carbonyl (C=O) groups is 1. The minimum absolute atomic E-state index is 0.0355. The van der Waals surface area contributed by atoms with Gasteiger partial charge >= 0.3 is 0 Å². The molecule has 7 heteroatoms. The number of likely N-dealkylation sites (tertiary alicyclic amines) is 1. The summed E-state index contributed by atoms with van der Waals surface area (Å²) in [7, 11) is 0. The van der Waals surface area contributed by atoms with Crippen LogP contribution in [0.5, 0.6) is 0 Å². The van der Waals surface area contributed by atoms with Crippen LogP contribution in [0.2, 0.25) is 0 Å². The molecule has 0 aliphatic carbocycles. The van der Waals surface area contributed by atoms with Gasteiger partial charge in [0.2, 0.25) is 11.9 Å². The fraction of sp³-hybridized carbons (Fsp3) is 0.706. The van der Waals surface area contributed by atoms with Crippen LogP contribution in [0.4, 0.5) is 5.95 Å². The largest absolute Gasteiger partial charge is 0.342 e. The Balaban J connectivity index is 1.57. The minimum Gasteiger partial charge on any atom is -0.342 e. The molecule has 3 heterocycles. The van der Waals surface area contributed by atoms with Crippen molar-refractivity contribution in [3.05, 3.63) is 21.6 Å². The Morgan fingerprint density at radius 3 is 2.38 bits per heavy atom. The van der Waals surface area contributed by atoms with E-state index in [9.17, 15) is 9.59 Å². The predicted octanol–water partition coefficient (Wildman–Crippen LogP) is 0.385. The highest BCUT2D eigenvalue weighted by molar-refractivity contribution is 5.78. The number of nitrogens with zero attached hydrogens (tertiary/aromatic N) is 4. The number of rotatable bonds is 4. The molecule has 0 unspecified atom stereocenters. The SMILES string of the molecule is CCc1c(C)nc(N2CCN(CC(=O)N3CCCC3)CC2)[nH]c1=O. The van der Waals surface area contributed by atoms with Crippen LogP contribution in [0.15, 0.2) is 4.79 Å². The van der Waals surface area contributed by atoms with Crippen LogP contribution in [0, 0.1) is 6.92 Å². The van der Waals surface area contributed by atoms with Gasteiger partial charge in [-0.2, -0.15) is 0 Å². The van der Waals surface area contributed by atoms with Crippen LogP contribution in [0.3, 0.4) is 0 Å². The van der Waals surface area contributed by atoms with Gasteiger partial charge in [0.25, 0.3) is 5.56 Å². The first kappa shape index (κ1) is 17.0. The average Bonchev–Trinajstić information content (AvgIpc) is 3.10. The van der Waals surface area contributed by atoms with Gasteiger partial charge in [0.05, 0.1) is 6.54 Å². The highest BCUT2D eigenvalue weighted by Gasteiger charge is 2.24. The van der Waals surface area contributed by atoms with Crippen LogP contribution in [-0.2, 0) is 11.2 Å². The maximum absolute atomic E-state index is 12.2. The molecule has 7 nitrogen and oxygen atoms in total. The molecule has 3 rings (SSSR count). The van der Waals surface area contributed by atoms with Crippen molar-refractivity contribution in [3.8, 4) is 0 Å². The topological polar surface area (TPSA) is 72.5 Å². The number of hydrogen-bond acceptors (Lipinski definition) is 5. The van der Waals surface area contributed by atoms with E-state index in [0.29, 0.717) is 18.9 Å². The van der Waals surface area contributed by atoms with E-state index in [1.807, 2.05) is 18.7 Å². The molecule has 1 aromatic heterocycles. The fourth-order valence-electron chi connectivity index (χ4n) is 3.54. The van der Waals surface area contributed by atoms with Gasteiger partial charge in [0.15, 0.2) is 0 Å². The first-order valence-corrected chi connectivity index (χ1v) is 8.93. The van der Waals surface area contributed by atoms with E-state index in [1.165, 1.54) is 0 Å². The van der Waals surface area contributed by atoms with Crippen LogP contribution in [-0.4, -0.2) is 71.5 Å². The summed E-state index contributed by atoms with van der Waals surface area (Å²) < 4.78 is 0. The van der Waals surface area contributed by atoms with Crippen LogP contribution in [0.25, 0.3) is 0 Å². The summed E-state index contributed by atoms with van der Waals surface area (Å²) in [6, 6.07) is 0. The highest BCUT2D eigenvalue weighted by Crippen LogP contribution is 2.13. The van der Waals surface area contributed by atoms with E-state index >= 15 is 0 Å². The number of hydrogen-bond donors (Lipinski definition) is 1. The van der Waals surface area contributed by atoms with Crippen LogP contribution >= 0.6 is 0 Å².